The molecule has 0 radical (unpaired) electrons. The zero-order chi connectivity index (χ0) is 13.0. The maximum Gasteiger partial charge on any atom is 0.253 e. The molecule has 1 fully saturated rings. The minimum absolute atomic E-state index is 0.145. The molecule has 0 spiro atoms. The molecule has 1 saturated carbocycles. The summed E-state index contributed by atoms with van der Waals surface area (Å²) in [6.45, 7) is 1.69. The molecule has 18 heavy (non-hydrogen) atoms. The highest BCUT2D eigenvalue weighted by Gasteiger charge is 2.20. The molecular formula is C13H17FN2O2. The van der Waals surface area contributed by atoms with Gasteiger partial charge < -0.3 is 15.8 Å². The first-order valence-corrected chi connectivity index (χ1v) is 6.08. The maximum absolute atomic E-state index is 12.8. The van der Waals surface area contributed by atoms with E-state index in [9.17, 15) is 9.18 Å². The summed E-state index contributed by atoms with van der Waals surface area (Å²) in [5.41, 5.74) is 6.00. The summed E-state index contributed by atoms with van der Waals surface area (Å²) >= 11 is 0. The van der Waals surface area contributed by atoms with E-state index in [1.54, 1.807) is 0 Å². The maximum atomic E-state index is 12.8. The third-order valence-electron chi connectivity index (χ3n) is 2.84. The fraction of sp³-hybridized carbons (Fsp3) is 0.462. The highest BCUT2D eigenvalue weighted by atomic mass is 19.1. The number of anilines is 1. The summed E-state index contributed by atoms with van der Waals surface area (Å²) in [6.07, 6.45) is 2.50. The largest absolute Gasteiger partial charge is 0.398 e. The molecule has 1 aliphatic rings. The van der Waals surface area contributed by atoms with Gasteiger partial charge in [0.25, 0.3) is 5.91 Å². The van der Waals surface area contributed by atoms with E-state index in [1.807, 2.05) is 0 Å². The first-order chi connectivity index (χ1) is 8.66. The molecule has 0 heterocycles. The summed E-state index contributed by atoms with van der Waals surface area (Å²) < 4.78 is 18.2. The summed E-state index contributed by atoms with van der Waals surface area (Å²) in [6, 6.07) is 3.73. The second-order valence-corrected chi connectivity index (χ2v) is 4.51. The van der Waals surface area contributed by atoms with E-state index in [-0.39, 0.29) is 11.6 Å². The summed E-state index contributed by atoms with van der Waals surface area (Å²) in [7, 11) is 0. The van der Waals surface area contributed by atoms with Gasteiger partial charge in [-0.25, -0.2) is 4.39 Å². The SMILES string of the molecule is Nc1cc(F)ccc1C(=O)NCCOCC1CC1. The van der Waals surface area contributed by atoms with E-state index in [0.717, 1.165) is 12.7 Å². The summed E-state index contributed by atoms with van der Waals surface area (Å²) in [4.78, 5) is 11.7. The summed E-state index contributed by atoms with van der Waals surface area (Å²) in [5, 5.41) is 2.69. The molecule has 1 amide bonds. The Morgan fingerprint density at radius 3 is 2.94 bits per heavy atom. The number of carbonyl (C=O) groups excluding carboxylic acids is 1. The van der Waals surface area contributed by atoms with Crippen molar-refractivity contribution >= 4 is 11.6 Å². The number of hydrogen-bond donors (Lipinski definition) is 2. The Morgan fingerprint density at radius 1 is 1.50 bits per heavy atom. The predicted molar refractivity (Wildman–Crippen MR) is 66.7 cm³/mol. The van der Waals surface area contributed by atoms with Crippen molar-refractivity contribution < 1.29 is 13.9 Å². The van der Waals surface area contributed by atoms with Crippen LogP contribution >= 0.6 is 0 Å². The number of rotatable bonds is 6. The fourth-order valence-corrected chi connectivity index (χ4v) is 1.61. The van der Waals surface area contributed by atoms with E-state index in [0.29, 0.717) is 24.6 Å². The lowest BCUT2D eigenvalue weighted by atomic mass is 10.1. The number of benzene rings is 1. The van der Waals surface area contributed by atoms with Crippen LogP contribution in [0.5, 0.6) is 0 Å². The molecule has 3 N–H and O–H groups in total. The molecule has 0 aliphatic heterocycles. The van der Waals surface area contributed by atoms with Gasteiger partial charge in [0.15, 0.2) is 0 Å². The Balaban J connectivity index is 1.72. The van der Waals surface area contributed by atoms with Crippen molar-refractivity contribution in [3.05, 3.63) is 29.6 Å². The van der Waals surface area contributed by atoms with Crippen molar-refractivity contribution in [3.63, 3.8) is 0 Å². The lowest BCUT2D eigenvalue weighted by Gasteiger charge is -2.08. The van der Waals surface area contributed by atoms with E-state index in [4.69, 9.17) is 10.5 Å². The van der Waals surface area contributed by atoms with Crippen LogP contribution in [0.2, 0.25) is 0 Å². The van der Waals surface area contributed by atoms with E-state index >= 15 is 0 Å². The number of nitrogens with two attached hydrogens (primary N) is 1. The number of nitrogen functional groups attached to an aromatic ring is 1. The minimum Gasteiger partial charge on any atom is -0.398 e. The van der Waals surface area contributed by atoms with Gasteiger partial charge in [0.05, 0.1) is 12.2 Å². The molecule has 0 atom stereocenters. The predicted octanol–water partition coefficient (Wildman–Crippen LogP) is 1.56. The number of ether oxygens (including phenoxy) is 1. The Hall–Kier alpha value is -1.62. The van der Waals surface area contributed by atoms with Gasteiger partial charge in [0, 0.05) is 18.8 Å². The number of amides is 1. The van der Waals surface area contributed by atoms with Crippen LogP contribution in [0.3, 0.4) is 0 Å². The second kappa shape index (κ2) is 5.82. The standard InChI is InChI=1S/C13H17FN2O2/c14-10-3-4-11(12(15)7-10)13(17)16-5-6-18-8-9-1-2-9/h3-4,7,9H,1-2,5-6,8,15H2,(H,16,17). The van der Waals surface area contributed by atoms with Gasteiger partial charge in [-0.2, -0.15) is 0 Å². The van der Waals surface area contributed by atoms with Crippen molar-refractivity contribution in [2.75, 3.05) is 25.5 Å². The molecule has 0 unspecified atom stereocenters. The first-order valence-electron chi connectivity index (χ1n) is 6.08. The van der Waals surface area contributed by atoms with Crippen molar-refractivity contribution in [1.29, 1.82) is 0 Å². The molecule has 4 nitrogen and oxygen atoms in total. The Bertz CT molecular complexity index is 433. The molecule has 2 rings (SSSR count). The monoisotopic (exact) mass is 252 g/mol. The highest BCUT2D eigenvalue weighted by molar-refractivity contribution is 5.99. The van der Waals surface area contributed by atoms with Gasteiger partial charge >= 0.3 is 0 Å². The number of nitrogens with one attached hydrogen (secondary N) is 1. The molecule has 0 bridgehead atoms. The number of halogens is 1. The Kier molecular flexibility index (Phi) is 4.15. The fourth-order valence-electron chi connectivity index (χ4n) is 1.61. The number of hydrogen-bond acceptors (Lipinski definition) is 3. The average molecular weight is 252 g/mol. The van der Waals surface area contributed by atoms with Gasteiger partial charge in [-0.3, -0.25) is 4.79 Å². The van der Waals surface area contributed by atoms with Crippen molar-refractivity contribution in [3.8, 4) is 0 Å². The number of carbonyl (C=O) groups is 1. The molecule has 1 aromatic carbocycles. The third-order valence-corrected chi connectivity index (χ3v) is 2.84. The van der Waals surface area contributed by atoms with Crippen molar-refractivity contribution in [2.45, 2.75) is 12.8 Å². The van der Waals surface area contributed by atoms with Crippen molar-refractivity contribution in [1.82, 2.24) is 5.32 Å². The molecule has 1 aromatic rings. The molecule has 5 heteroatoms. The second-order valence-electron chi connectivity index (χ2n) is 4.51. The Labute approximate surface area is 105 Å². The molecule has 0 aromatic heterocycles. The van der Waals surface area contributed by atoms with Gasteiger partial charge in [-0.1, -0.05) is 0 Å². The third kappa shape index (κ3) is 3.70. The van der Waals surface area contributed by atoms with Crippen LogP contribution in [0.25, 0.3) is 0 Å². The minimum atomic E-state index is -0.447. The van der Waals surface area contributed by atoms with Crippen LogP contribution in [0.15, 0.2) is 18.2 Å². The van der Waals surface area contributed by atoms with Crippen LogP contribution in [-0.4, -0.2) is 25.7 Å². The molecule has 98 valence electrons. The average Bonchev–Trinajstić information content (AvgIpc) is 3.12. The zero-order valence-electron chi connectivity index (χ0n) is 10.1. The normalized spacial score (nSPS) is 14.5. The molecule has 1 aliphatic carbocycles. The van der Waals surface area contributed by atoms with Crippen LogP contribution in [0.4, 0.5) is 10.1 Å². The van der Waals surface area contributed by atoms with Crippen LogP contribution in [0, 0.1) is 11.7 Å². The van der Waals surface area contributed by atoms with E-state index < -0.39 is 5.82 Å². The van der Waals surface area contributed by atoms with Gasteiger partial charge in [-0.15, -0.1) is 0 Å². The van der Waals surface area contributed by atoms with Crippen LogP contribution < -0.4 is 11.1 Å². The Morgan fingerprint density at radius 2 is 2.28 bits per heavy atom. The molecular weight excluding hydrogens is 235 g/mol. The highest BCUT2D eigenvalue weighted by Crippen LogP contribution is 2.28. The topological polar surface area (TPSA) is 64.4 Å². The van der Waals surface area contributed by atoms with Gasteiger partial charge in [-0.05, 0) is 37.0 Å². The van der Waals surface area contributed by atoms with Crippen LogP contribution in [-0.2, 0) is 4.74 Å². The van der Waals surface area contributed by atoms with Gasteiger partial charge in [0.2, 0.25) is 0 Å². The summed E-state index contributed by atoms with van der Waals surface area (Å²) in [5.74, 6) is -0.0345. The van der Waals surface area contributed by atoms with Crippen molar-refractivity contribution in [2.24, 2.45) is 5.92 Å². The van der Waals surface area contributed by atoms with Crippen LogP contribution in [0.1, 0.15) is 23.2 Å². The van der Waals surface area contributed by atoms with E-state index in [1.165, 1.54) is 25.0 Å². The quantitative estimate of drug-likeness (QED) is 0.596. The lowest BCUT2D eigenvalue weighted by molar-refractivity contribution is 0.0907. The van der Waals surface area contributed by atoms with Gasteiger partial charge in [0.1, 0.15) is 5.82 Å². The zero-order valence-corrected chi connectivity index (χ0v) is 10.1. The lowest BCUT2D eigenvalue weighted by Crippen LogP contribution is -2.28. The van der Waals surface area contributed by atoms with E-state index in [2.05, 4.69) is 5.32 Å². The smallest absolute Gasteiger partial charge is 0.253 e. The molecule has 0 saturated heterocycles. The first kappa shape index (κ1) is 12.8.